The Morgan fingerprint density at radius 1 is 1.11 bits per heavy atom. The van der Waals surface area contributed by atoms with Crippen LogP contribution in [0.1, 0.15) is 31.2 Å². The van der Waals surface area contributed by atoms with E-state index in [1.165, 1.54) is 30.6 Å². The Labute approximate surface area is 160 Å². The van der Waals surface area contributed by atoms with Crippen LogP contribution in [-0.2, 0) is 6.42 Å². The van der Waals surface area contributed by atoms with E-state index >= 15 is 0 Å². The Bertz CT molecular complexity index is 983. The molecule has 27 heavy (non-hydrogen) atoms. The molecular formula is C20H18N2O4S. The standard InChI is InChI=1S/C20H18N2O4S/c1-26-13-7-8-17(23)15(10-13)19(25)22-20-16(18(21)24)11-14(27-20)9-12-5-3-2-4-6-12/h2-8,10-11,23H,9H2,1H3,(H2,21,24)(H,22,25). The molecule has 3 aromatic rings. The highest BCUT2D eigenvalue weighted by Crippen LogP contribution is 2.31. The number of benzene rings is 2. The Morgan fingerprint density at radius 3 is 2.52 bits per heavy atom. The average Bonchev–Trinajstić information content (AvgIpc) is 3.05. The van der Waals surface area contributed by atoms with Crippen molar-refractivity contribution in [2.75, 3.05) is 12.4 Å². The lowest BCUT2D eigenvalue weighted by Gasteiger charge is -2.08. The van der Waals surface area contributed by atoms with Gasteiger partial charge >= 0.3 is 0 Å². The number of rotatable bonds is 6. The van der Waals surface area contributed by atoms with Gasteiger partial charge < -0.3 is 20.9 Å². The zero-order valence-corrected chi connectivity index (χ0v) is 15.4. The van der Waals surface area contributed by atoms with Crippen LogP contribution < -0.4 is 15.8 Å². The molecule has 0 aliphatic rings. The van der Waals surface area contributed by atoms with E-state index in [0.29, 0.717) is 17.2 Å². The van der Waals surface area contributed by atoms with Gasteiger partial charge in [0.25, 0.3) is 11.8 Å². The van der Waals surface area contributed by atoms with E-state index in [0.717, 1.165) is 10.4 Å². The molecule has 0 bridgehead atoms. The maximum absolute atomic E-state index is 12.6. The number of phenols is 1. The van der Waals surface area contributed by atoms with E-state index in [2.05, 4.69) is 5.32 Å². The summed E-state index contributed by atoms with van der Waals surface area (Å²) in [6.07, 6.45) is 0.617. The van der Waals surface area contributed by atoms with Gasteiger partial charge in [-0.2, -0.15) is 0 Å². The van der Waals surface area contributed by atoms with Crippen LogP contribution in [0.25, 0.3) is 0 Å². The van der Waals surface area contributed by atoms with Crippen LogP contribution in [0.3, 0.4) is 0 Å². The van der Waals surface area contributed by atoms with Gasteiger partial charge in [-0.1, -0.05) is 30.3 Å². The maximum Gasteiger partial charge on any atom is 0.260 e. The van der Waals surface area contributed by atoms with Crippen LogP contribution in [0, 0.1) is 0 Å². The zero-order valence-electron chi connectivity index (χ0n) is 14.6. The minimum atomic E-state index is -0.629. The fourth-order valence-corrected chi connectivity index (χ4v) is 3.69. The van der Waals surface area contributed by atoms with Crippen molar-refractivity contribution < 1.29 is 19.4 Å². The van der Waals surface area contributed by atoms with Crippen LogP contribution in [0.15, 0.2) is 54.6 Å². The summed E-state index contributed by atoms with van der Waals surface area (Å²) in [4.78, 5) is 25.2. The number of primary amides is 1. The lowest BCUT2D eigenvalue weighted by molar-refractivity contribution is 0.100. The van der Waals surface area contributed by atoms with Gasteiger partial charge in [-0.15, -0.1) is 11.3 Å². The molecule has 2 aromatic carbocycles. The van der Waals surface area contributed by atoms with Crippen LogP contribution in [-0.4, -0.2) is 24.0 Å². The van der Waals surface area contributed by atoms with Crippen LogP contribution in [0.4, 0.5) is 5.00 Å². The van der Waals surface area contributed by atoms with Gasteiger partial charge in [0.05, 0.1) is 18.2 Å². The minimum absolute atomic E-state index is 0.0442. The average molecular weight is 382 g/mol. The summed E-state index contributed by atoms with van der Waals surface area (Å²) in [7, 11) is 1.47. The van der Waals surface area contributed by atoms with Crippen molar-refractivity contribution in [2.24, 2.45) is 5.73 Å². The Morgan fingerprint density at radius 2 is 1.85 bits per heavy atom. The first-order valence-electron chi connectivity index (χ1n) is 8.12. The summed E-state index contributed by atoms with van der Waals surface area (Å²) in [5, 5.41) is 13.0. The molecule has 3 rings (SSSR count). The Kier molecular flexibility index (Phi) is 5.42. The summed E-state index contributed by atoms with van der Waals surface area (Å²) >= 11 is 1.28. The normalized spacial score (nSPS) is 10.4. The number of hydrogen-bond donors (Lipinski definition) is 3. The monoisotopic (exact) mass is 382 g/mol. The smallest absolute Gasteiger partial charge is 0.260 e. The van der Waals surface area contributed by atoms with E-state index in [4.69, 9.17) is 10.5 Å². The molecule has 0 saturated heterocycles. The topological polar surface area (TPSA) is 102 Å². The molecule has 6 nitrogen and oxygen atoms in total. The highest BCUT2D eigenvalue weighted by Gasteiger charge is 2.19. The Balaban J connectivity index is 1.87. The molecule has 7 heteroatoms. The van der Waals surface area contributed by atoms with Gasteiger partial charge in [-0.25, -0.2) is 0 Å². The molecule has 0 spiro atoms. The molecule has 1 heterocycles. The molecule has 1 aromatic heterocycles. The number of ether oxygens (including phenoxy) is 1. The van der Waals surface area contributed by atoms with Crippen molar-refractivity contribution in [3.05, 3.63) is 76.2 Å². The second-order valence-electron chi connectivity index (χ2n) is 5.82. The van der Waals surface area contributed by atoms with Gasteiger partial charge in [0.2, 0.25) is 0 Å². The lowest BCUT2D eigenvalue weighted by atomic mass is 10.1. The molecule has 0 radical (unpaired) electrons. The molecule has 0 aliphatic carbocycles. The van der Waals surface area contributed by atoms with Crippen LogP contribution in [0.5, 0.6) is 11.5 Å². The van der Waals surface area contributed by atoms with E-state index in [-0.39, 0.29) is 16.9 Å². The molecular weight excluding hydrogens is 364 g/mol. The number of hydrogen-bond acceptors (Lipinski definition) is 5. The molecule has 0 aliphatic heterocycles. The predicted octanol–water partition coefficient (Wildman–Crippen LogP) is 3.40. The first kappa shape index (κ1) is 18.5. The van der Waals surface area contributed by atoms with E-state index in [1.54, 1.807) is 12.1 Å². The Hall–Kier alpha value is -3.32. The molecule has 4 N–H and O–H groups in total. The third-order valence-corrected chi connectivity index (χ3v) is 5.00. The van der Waals surface area contributed by atoms with Crippen molar-refractivity contribution >= 4 is 28.2 Å². The number of amides is 2. The van der Waals surface area contributed by atoms with Gasteiger partial charge in [0, 0.05) is 11.3 Å². The van der Waals surface area contributed by atoms with Crippen molar-refractivity contribution in [3.8, 4) is 11.5 Å². The quantitative estimate of drug-likeness (QED) is 0.608. The van der Waals surface area contributed by atoms with Crippen molar-refractivity contribution in [3.63, 3.8) is 0 Å². The molecule has 0 atom stereocenters. The summed E-state index contributed by atoms with van der Waals surface area (Å²) in [6, 6.07) is 15.8. The fraction of sp³-hybridized carbons (Fsp3) is 0.100. The van der Waals surface area contributed by atoms with Crippen LogP contribution in [0.2, 0.25) is 0 Å². The third kappa shape index (κ3) is 4.27. The number of methoxy groups -OCH3 is 1. The number of thiophene rings is 1. The highest BCUT2D eigenvalue weighted by atomic mass is 32.1. The second kappa shape index (κ2) is 7.92. The summed E-state index contributed by atoms with van der Waals surface area (Å²) in [6.45, 7) is 0. The number of nitrogens with two attached hydrogens (primary N) is 1. The van der Waals surface area contributed by atoms with Gasteiger partial charge in [-0.3, -0.25) is 9.59 Å². The molecule has 2 amide bonds. The van der Waals surface area contributed by atoms with Crippen molar-refractivity contribution in [2.45, 2.75) is 6.42 Å². The van der Waals surface area contributed by atoms with Gasteiger partial charge in [0.1, 0.15) is 16.5 Å². The summed E-state index contributed by atoms with van der Waals surface area (Å²) in [5.41, 5.74) is 6.82. The SMILES string of the molecule is COc1ccc(O)c(C(=O)Nc2sc(Cc3ccccc3)cc2C(N)=O)c1. The third-order valence-electron chi connectivity index (χ3n) is 3.95. The van der Waals surface area contributed by atoms with Crippen molar-refractivity contribution in [1.29, 1.82) is 0 Å². The first-order valence-corrected chi connectivity index (χ1v) is 8.94. The first-order chi connectivity index (χ1) is 13.0. The predicted molar refractivity (Wildman–Crippen MR) is 105 cm³/mol. The van der Waals surface area contributed by atoms with E-state index < -0.39 is 11.8 Å². The van der Waals surface area contributed by atoms with E-state index in [9.17, 15) is 14.7 Å². The molecule has 0 saturated carbocycles. The molecule has 0 fully saturated rings. The van der Waals surface area contributed by atoms with Gasteiger partial charge in [0.15, 0.2) is 0 Å². The number of phenolic OH excluding ortho intramolecular Hbond substituents is 1. The van der Waals surface area contributed by atoms with E-state index in [1.807, 2.05) is 30.3 Å². The lowest BCUT2D eigenvalue weighted by Crippen LogP contribution is -2.16. The molecule has 0 unspecified atom stereocenters. The minimum Gasteiger partial charge on any atom is -0.507 e. The zero-order chi connectivity index (χ0) is 19.4. The summed E-state index contributed by atoms with van der Waals surface area (Å²) in [5.74, 6) is -0.934. The number of carbonyl (C=O) groups is 2. The number of nitrogens with one attached hydrogen (secondary N) is 1. The van der Waals surface area contributed by atoms with Gasteiger partial charge in [-0.05, 0) is 29.8 Å². The largest absolute Gasteiger partial charge is 0.507 e. The highest BCUT2D eigenvalue weighted by molar-refractivity contribution is 7.16. The molecule has 138 valence electrons. The fourth-order valence-electron chi connectivity index (χ4n) is 2.60. The maximum atomic E-state index is 12.6. The second-order valence-corrected chi connectivity index (χ2v) is 6.96. The van der Waals surface area contributed by atoms with Crippen LogP contribution >= 0.6 is 11.3 Å². The number of aromatic hydroxyl groups is 1. The number of anilines is 1. The number of carbonyl (C=O) groups excluding carboxylic acids is 2. The van der Waals surface area contributed by atoms with Crippen molar-refractivity contribution in [1.82, 2.24) is 0 Å². The summed E-state index contributed by atoms with van der Waals surface area (Å²) < 4.78 is 5.08.